The minimum atomic E-state index is -0.749. The molecule has 0 aliphatic rings. The molecule has 1 aromatic rings. The highest BCUT2D eigenvalue weighted by Gasteiger charge is 2.18. The van der Waals surface area contributed by atoms with Gasteiger partial charge in [0.05, 0.1) is 6.61 Å². The predicted octanol–water partition coefficient (Wildman–Crippen LogP) is 3.63. The van der Waals surface area contributed by atoms with Crippen molar-refractivity contribution >= 4 is 11.8 Å². The first-order valence-corrected chi connectivity index (χ1v) is 6.95. The van der Waals surface area contributed by atoms with E-state index in [4.69, 9.17) is 4.74 Å². The summed E-state index contributed by atoms with van der Waals surface area (Å²) >= 11 is 0. The molecule has 1 aromatic carbocycles. The van der Waals surface area contributed by atoms with Crippen molar-refractivity contribution in [3.63, 3.8) is 0 Å². The zero-order valence-electron chi connectivity index (χ0n) is 11.7. The maximum atomic E-state index is 11.8. The first kappa shape index (κ1) is 15.4. The van der Waals surface area contributed by atoms with E-state index in [2.05, 4.69) is 13.8 Å². The maximum absolute atomic E-state index is 11.8. The van der Waals surface area contributed by atoms with Crippen LogP contribution >= 0.6 is 0 Å². The molecule has 0 aliphatic heterocycles. The monoisotopic (exact) mass is 262 g/mol. The number of benzene rings is 1. The molecule has 3 heteroatoms. The zero-order chi connectivity index (χ0) is 14.1. The summed E-state index contributed by atoms with van der Waals surface area (Å²) in [6, 6.07) is 8.52. The molecule has 0 saturated heterocycles. The smallest absolute Gasteiger partial charge is 0.379 e. The summed E-state index contributed by atoms with van der Waals surface area (Å²) < 4.78 is 5.12. The van der Waals surface area contributed by atoms with E-state index in [0.717, 1.165) is 25.7 Å². The quantitative estimate of drug-likeness (QED) is 0.408. The van der Waals surface area contributed by atoms with Gasteiger partial charge < -0.3 is 4.74 Å². The molecule has 0 N–H and O–H groups in total. The number of esters is 1. The molecule has 0 fully saturated rings. The van der Waals surface area contributed by atoms with Crippen LogP contribution in [0.2, 0.25) is 0 Å². The van der Waals surface area contributed by atoms with Gasteiger partial charge in [-0.3, -0.25) is 4.79 Å². The van der Waals surface area contributed by atoms with Gasteiger partial charge >= 0.3 is 5.97 Å². The number of carbonyl (C=O) groups is 2. The number of ether oxygens (including phenoxy) is 1. The summed E-state index contributed by atoms with van der Waals surface area (Å²) in [4.78, 5) is 23.5. The molecule has 0 amide bonds. The lowest BCUT2D eigenvalue weighted by atomic mass is 10.0. The van der Waals surface area contributed by atoms with E-state index < -0.39 is 11.8 Å². The molecule has 0 aromatic heterocycles. The number of hydrogen-bond acceptors (Lipinski definition) is 3. The Morgan fingerprint density at radius 3 is 2.42 bits per heavy atom. The fraction of sp³-hybridized carbons (Fsp3) is 0.500. The van der Waals surface area contributed by atoms with Crippen LogP contribution in [0.15, 0.2) is 30.3 Å². The summed E-state index contributed by atoms with van der Waals surface area (Å²) in [5.74, 6) is -0.959. The van der Waals surface area contributed by atoms with Crippen molar-refractivity contribution in [1.29, 1.82) is 0 Å². The van der Waals surface area contributed by atoms with Gasteiger partial charge in [0.1, 0.15) is 0 Å². The molecule has 0 bridgehead atoms. The van der Waals surface area contributed by atoms with Gasteiger partial charge in [0.2, 0.25) is 0 Å². The van der Waals surface area contributed by atoms with Crippen LogP contribution in [0.1, 0.15) is 49.9 Å². The van der Waals surface area contributed by atoms with Crippen LogP contribution < -0.4 is 0 Å². The Labute approximate surface area is 115 Å². The molecule has 1 atom stereocenters. The lowest BCUT2D eigenvalue weighted by Crippen LogP contribution is -2.21. The molecule has 0 heterocycles. The number of unbranched alkanes of at least 4 members (excludes halogenated alkanes) is 1. The van der Waals surface area contributed by atoms with Gasteiger partial charge in [-0.25, -0.2) is 4.79 Å². The van der Waals surface area contributed by atoms with Crippen molar-refractivity contribution in [3.8, 4) is 0 Å². The largest absolute Gasteiger partial charge is 0.459 e. The molecule has 1 rings (SSSR count). The topological polar surface area (TPSA) is 43.4 Å². The first-order valence-electron chi connectivity index (χ1n) is 6.95. The molecule has 1 unspecified atom stereocenters. The van der Waals surface area contributed by atoms with E-state index in [0.29, 0.717) is 18.1 Å². The summed E-state index contributed by atoms with van der Waals surface area (Å²) in [7, 11) is 0. The van der Waals surface area contributed by atoms with Crippen molar-refractivity contribution < 1.29 is 14.3 Å². The number of ketones is 1. The predicted molar refractivity (Wildman–Crippen MR) is 75.0 cm³/mol. The summed E-state index contributed by atoms with van der Waals surface area (Å²) in [5, 5.41) is 0. The summed E-state index contributed by atoms with van der Waals surface area (Å²) in [6.45, 7) is 4.55. The average Bonchev–Trinajstić information content (AvgIpc) is 2.47. The van der Waals surface area contributed by atoms with Crippen LogP contribution in [0.5, 0.6) is 0 Å². The highest BCUT2D eigenvalue weighted by molar-refractivity contribution is 6.40. The minimum Gasteiger partial charge on any atom is -0.459 e. The Kier molecular flexibility index (Phi) is 6.86. The first-order chi connectivity index (χ1) is 9.19. The molecule has 19 heavy (non-hydrogen) atoms. The fourth-order valence-electron chi connectivity index (χ4n) is 1.86. The highest BCUT2D eigenvalue weighted by Crippen LogP contribution is 2.13. The number of carbonyl (C=O) groups excluding carboxylic acids is 2. The zero-order valence-corrected chi connectivity index (χ0v) is 11.7. The van der Waals surface area contributed by atoms with E-state index in [1.165, 1.54) is 0 Å². The van der Waals surface area contributed by atoms with E-state index in [9.17, 15) is 9.59 Å². The van der Waals surface area contributed by atoms with Gasteiger partial charge in [-0.05, 0) is 12.3 Å². The lowest BCUT2D eigenvalue weighted by molar-refractivity contribution is -0.139. The second kappa shape index (κ2) is 8.46. The Balaban J connectivity index is 2.44. The highest BCUT2D eigenvalue weighted by atomic mass is 16.5. The van der Waals surface area contributed by atoms with Crippen molar-refractivity contribution in [2.45, 2.75) is 39.5 Å². The van der Waals surface area contributed by atoms with Crippen molar-refractivity contribution in [3.05, 3.63) is 35.9 Å². The molecule has 0 radical (unpaired) electrons. The van der Waals surface area contributed by atoms with E-state index in [1.807, 2.05) is 0 Å². The number of hydrogen-bond donors (Lipinski definition) is 0. The normalized spacial score (nSPS) is 11.9. The van der Waals surface area contributed by atoms with E-state index in [1.54, 1.807) is 30.3 Å². The molecule has 0 saturated carbocycles. The molecule has 3 nitrogen and oxygen atoms in total. The van der Waals surface area contributed by atoms with Gasteiger partial charge in [-0.1, -0.05) is 63.4 Å². The second-order valence-electron chi connectivity index (χ2n) is 4.71. The second-order valence-corrected chi connectivity index (χ2v) is 4.71. The van der Waals surface area contributed by atoms with Crippen LogP contribution in [-0.2, 0) is 9.53 Å². The third-order valence-corrected chi connectivity index (χ3v) is 3.21. The van der Waals surface area contributed by atoms with Gasteiger partial charge in [-0.2, -0.15) is 0 Å². The molecular weight excluding hydrogens is 240 g/mol. The Morgan fingerprint density at radius 1 is 1.16 bits per heavy atom. The van der Waals surface area contributed by atoms with E-state index in [-0.39, 0.29) is 0 Å². The van der Waals surface area contributed by atoms with Crippen LogP contribution in [-0.4, -0.2) is 18.4 Å². The Hall–Kier alpha value is -1.64. The summed E-state index contributed by atoms with van der Waals surface area (Å²) in [5.41, 5.74) is 0.383. The number of Topliss-reactive ketones (excluding diaryl/α,β-unsaturated/α-hetero) is 1. The third kappa shape index (κ3) is 5.25. The standard InChI is InChI=1S/C16H22O3/c1-3-5-9-13(4-2)12-19-16(18)15(17)14-10-7-6-8-11-14/h6-8,10-11,13H,3-5,9,12H2,1-2H3. The van der Waals surface area contributed by atoms with Crippen molar-refractivity contribution in [2.24, 2.45) is 5.92 Å². The van der Waals surface area contributed by atoms with Gasteiger partial charge in [0, 0.05) is 5.56 Å². The van der Waals surface area contributed by atoms with E-state index >= 15 is 0 Å². The van der Waals surface area contributed by atoms with Gasteiger partial charge in [0.15, 0.2) is 0 Å². The van der Waals surface area contributed by atoms with Crippen molar-refractivity contribution in [1.82, 2.24) is 0 Å². The third-order valence-electron chi connectivity index (χ3n) is 3.21. The van der Waals surface area contributed by atoms with Crippen LogP contribution in [0, 0.1) is 5.92 Å². The SMILES string of the molecule is CCCCC(CC)COC(=O)C(=O)c1ccccc1. The maximum Gasteiger partial charge on any atom is 0.379 e. The molecular formula is C16H22O3. The number of rotatable bonds is 8. The van der Waals surface area contributed by atoms with Crippen molar-refractivity contribution in [2.75, 3.05) is 6.61 Å². The molecule has 0 spiro atoms. The van der Waals surface area contributed by atoms with Gasteiger partial charge in [0.25, 0.3) is 5.78 Å². The lowest BCUT2D eigenvalue weighted by Gasteiger charge is -2.14. The Morgan fingerprint density at radius 2 is 1.84 bits per heavy atom. The van der Waals surface area contributed by atoms with Crippen LogP contribution in [0.25, 0.3) is 0 Å². The fourth-order valence-corrected chi connectivity index (χ4v) is 1.86. The van der Waals surface area contributed by atoms with Crippen LogP contribution in [0.3, 0.4) is 0 Å². The molecule has 104 valence electrons. The molecule has 0 aliphatic carbocycles. The summed E-state index contributed by atoms with van der Waals surface area (Å²) in [6.07, 6.45) is 4.27. The minimum absolute atomic E-state index is 0.341. The average molecular weight is 262 g/mol. The van der Waals surface area contributed by atoms with Gasteiger partial charge in [-0.15, -0.1) is 0 Å². The van der Waals surface area contributed by atoms with Crippen LogP contribution in [0.4, 0.5) is 0 Å². The Bertz CT molecular complexity index is 398.